The quantitative estimate of drug-likeness (QED) is 0.660. The maximum Gasteiger partial charge on any atom is 0.266 e. The molecule has 148 valence electrons. The molecule has 1 aromatic carbocycles. The van der Waals surface area contributed by atoms with Crippen LogP contribution < -0.4 is 10.7 Å². The number of nitrogens with two attached hydrogens (primary N) is 1. The molecule has 11 heteroatoms. The maximum atomic E-state index is 13.3. The van der Waals surface area contributed by atoms with Crippen LogP contribution in [0, 0.1) is 0 Å². The van der Waals surface area contributed by atoms with E-state index in [2.05, 4.69) is 9.88 Å². The molecule has 2 aromatic heterocycles. The van der Waals surface area contributed by atoms with Gasteiger partial charge in [-0.1, -0.05) is 23.7 Å². The van der Waals surface area contributed by atoms with Gasteiger partial charge in [0, 0.05) is 13.1 Å². The predicted octanol–water partition coefficient (Wildman–Crippen LogP) is 1.58. The molecule has 0 unspecified atom stereocenters. The third-order valence-corrected chi connectivity index (χ3v) is 7.22. The van der Waals surface area contributed by atoms with Gasteiger partial charge in [-0.3, -0.25) is 14.3 Å². The van der Waals surface area contributed by atoms with Gasteiger partial charge in [-0.05, 0) is 18.2 Å². The number of rotatable bonds is 4. The number of thiophene rings is 1. The summed E-state index contributed by atoms with van der Waals surface area (Å²) in [5.74, 6) is 0.482. The molecule has 0 spiro atoms. The number of hydrogen-bond donors (Lipinski definition) is 1. The topological polar surface area (TPSA) is 108 Å². The van der Waals surface area contributed by atoms with E-state index in [-0.39, 0.29) is 15.2 Å². The molecule has 28 heavy (non-hydrogen) atoms. The second-order valence-corrected chi connectivity index (χ2v) is 9.56. The molecule has 0 saturated carbocycles. The van der Waals surface area contributed by atoms with Crippen molar-refractivity contribution in [2.24, 2.45) is 5.14 Å². The molecule has 1 saturated heterocycles. The summed E-state index contributed by atoms with van der Waals surface area (Å²) in [6.45, 7) is 3.04. The Kier molecular flexibility index (Phi) is 5.25. The molecule has 0 radical (unpaired) electrons. The molecule has 3 heterocycles. The summed E-state index contributed by atoms with van der Waals surface area (Å²) in [5, 5.41) is 5.83. The molecular weight excluding hydrogens is 424 g/mol. The van der Waals surface area contributed by atoms with Crippen molar-refractivity contribution in [2.75, 3.05) is 26.3 Å². The Balaban J connectivity index is 1.94. The summed E-state index contributed by atoms with van der Waals surface area (Å²) >= 11 is 7.23. The zero-order chi connectivity index (χ0) is 19.9. The Morgan fingerprint density at radius 2 is 1.96 bits per heavy atom. The van der Waals surface area contributed by atoms with Crippen LogP contribution in [-0.2, 0) is 21.3 Å². The molecule has 8 nitrogen and oxygen atoms in total. The number of aromatic nitrogens is 2. The van der Waals surface area contributed by atoms with Crippen LogP contribution in [0.3, 0.4) is 0 Å². The van der Waals surface area contributed by atoms with Crippen LogP contribution in [0.5, 0.6) is 0 Å². The zero-order valence-corrected chi connectivity index (χ0v) is 17.1. The number of ether oxygens (including phenoxy) is 1. The summed E-state index contributed by atoms with van der Waals surface area (Å²) in [6.07, 6.45) is 0. The van der Waals surface area contributed by atoms with Gasteiger partial charge < -0.3 is 4.74 Å². The molecular formula is C17H17ClN4O4S2. The molecule has 0 amide bonds. The number of hydrogen-bond acceptors (Lipinski definition) is 7. The van der Waals surface area contributed by atoms with Crippen molar-refractivity contribution in [2.45, 2.75) is 10.8 Å². The van der Waals surface area contributed by atoms with E-state index in [1.807, 2.05) is 0 Å². The minimum Gasteiger partial charge on any atom is -0.379 e. The van der Waals surface area contributed by atoms with E-state index in [1.54, 1.807) is 24.3 Å². The van der Waals surface area contributed by atoms with Crippen molar-refractivity contribution in [3.63, 3.8) is 0 Å². The van der Waals surface area contributed by atoms with Gasteiger partial charge in [-0.2, -0.15) is 0 Å². The van der Waals surface area contributed by atoms with Crippen LogP contribution in [0.1, 0.15) is 5.82 Å². The van der Waals surface area contributed by atoms with Crippen molar-refractivity contribution in [3.05, 3.63) is 51.5 Å². The summed E-state index contributed by atoms with van der Waals surface area (Å²) in [4.78, 5) is 20.3. The van der Waals surface area contributed by atoms with Gasteiger partial charge in [0.1, 0.15) is 14.9 Å². The SMILES string of the molecule is NS(=O)(=O)c1cc2c(=O)n(-c3ccccc3Cl)c(CN3CCOCC3)nc2s1. The minimum absolute atomic E-state index is 0.0960. The van der Waals surface area contributed by atoms with Gasteiger partial charge in [0.15, 0.2) is 0 Å². The van der Waals surface area contributed by atoms with Crippen molar-refractivity contribution in [3.8, 4) is 5.69 Å². The first-order valence-electron chi connectivity index (χ1n) is 8.48. The van der Waals surface area contributed by atoms with Crippen LogP contribution in [-0.4, -0.2) is 49.2 Å². The van der Waals surface area contributed by atoms with Gasteiger partial charge in [-0.15, -0.1) is 11.3 Å². The first kappa shape index (κ1) is 19.5. The highest BCUT2D eigenvalue weighted by Crippen LogP contribution is 2.27. The monoisotopic (exact) mass is 440 g/mol. The van der Waals surface area contributed by atoms with E-state index in [1.165, 1.54) is 10.6 Å². The lowest BCUT2D eigenvalue weighted by atomic mass is 10.3. The van der Waals surface area contributed by atoms with Crippen LogP contribution in [0.4, 0.5) is 0 Å². The third-order valence-electron chi connectivity index (χ3n) is 4.45. The summed E-state index contributed by atoms with van der Waals surface area (Å²) in [7, 11) is -3.93. The van der Waals surface area contributed by atoms with Crippen LogP contribution in [0.2, 0.25) is 5.02 Å². The normalized spacial score (nSPS) is 15.9. The third kappa shape index (κ3) is 3.71. The highest BCUT2D eigenvalue weighted by atomic mass is 35.5. The Labute approximate surface area is 170 Å². The highest BCUT2D eigenvalue weighted by molar-refractivity contribution is 7.91. The smallest absolute Gasteiger partial charge is 0.266 e. The minimum atomic E-state index is -3.93. The molecule has 1 fully saturated rings. The zero-order valence-electron chi connectivity index (χ0n) is 14.7. The van der Waals surface area contributed by atoms with Crippen molar-refractivity contribution < 1.29 is 13.2 Å². The molecule has 2 N–H and O–H groups in total. The van der Waals surface area contributed by atoms with Gasteiger partial charge in [0.2, 0.25) is 10.0 Å². The first-order valence-corrected chi connectivity index (χ1v) is 11.2. The van der Waals surface area contributed by atoms with E-state index in [9.17, 15) is 13.2 Å². The average Bonchev–Trinajstić information content (AvgIpc) is 3.09. The largest absolute Gasteiger partial charge is 0.379 e. The number of halogens is 1. The molecule has 0 bridgehead atoms. The van der Waals surface area contributed by atoms with Crippen LogP contribution in [0.15, 0.2) is 39.3 Å². The second-order valence-electron chi connectivity index (χ2n) is 6.34. The molecule has 4 rings (SSSR count). The molecule has 1 aliphatic heterocycles. The number of para-hydroxylation sites is 1. The van der Waals surface area contributed by atoms with Crippen molar-refractivity contribution in [1.82, 2.24) is 14.5 Å². The summed E-state index contributed by atoms with van der Waals surface area (Å²) < 4.78 is 30.2. The van der Waals surface area contributed by atoms with E-state index < -0.39 is 10.0 Å². The molecule has 3 aromatic rings. The van der Waals surface area contributed by atoms with Crippen LogP contribution >= 0.6 is 22.9 Å². The Morgan fingerprint density at radius 1 is 1.25 bits per heavy atom. The van der Waals surface area contributed by atoms with Gasteiger partial charge in [-0.25, -0.2) is 18.5 Å². The number of morpholine rings is 1. The number of primary sulfonamides is 1. The highest BCUT2D eigenvalue weighted by Gasteiger charge is 2.22. The molecule has 1 aliphatic rings. The van der Waals surface area contributed by atoms with E-state index in [4.69, 9.17) is 21.5 Å². The van der Waals surface area contributed by atoms with Crippen molar-refractivity contribution in [1.29, 1.82) is 0 Å². The predicted molar refractivity (Wildman–Crippen MR) is 108 cm³/mol. The lowest BCUT2D eigenvalue weighted by Gasteiger charge is -2.27. The number of benzene rings is 1. The number of sulfonamides is 1. The molecule has 0 aliphatic carbocycles. The van der Waals surface area contributed by atoms with Gasteiger partial charge in [0.05, 0.1) is 35.9 Å². The van der Waals surface area contributed by atoms with Gasteiger partial charge >= 0.3 is 0 Å². The Bertz CT molecular complexity index is 1200. The standard InChI is InChI=1S/C17H17ClN4O4S2/c18-12-3-1-2-4-13(12)22-14(10-21-5-7-26-8-6-21)20-16-11(17(22)23)9-15(27-16)28(19,24)25/h1-4,9H,5-8,10H2,(H2,19,24,25). The Morgan fingerprint density at radius 3 is 2.64 bits per heavy atom. The number of nitrogens with zero attached hydrogens (tertiary/aromatic N) is 3. The fourth-order valence-electron chi connectivity index (χ4n) is 3.09. The summed E-state index contributed by atoms with van der Waals surface area (Å²) in [6, 6.07) is 8.24. The second kappa shape index (κ2) is 7.54. The van der Waals surface area contributed by atoms with E-state index in [0.717, 1.165) is 11.3 Å². The van der Waals surface area contributed by atoms with Crippen molar-refractivity contribution >= 4 is 43.2 Å². The fraction of sp³-hybridized carbons (Fsp3) is 0.294. The Hall–Kier alpha value is -1.82. The lowest BCUT2D eigenvalue weighted by Crippen LogP contribution is -2.37. The van der Waals surface area contributed by atoms with E-state index >= 15 is 0 Å². The lowest BCUT2D eigenvalue weighted by molar-refractivity contribution is 0.0327. The van der Waals surface area contributed by atoms with E-state index in [0.29, 0.717) is 54.2 Å². The van der Waals surface area contributed by atoms with Gasteiger partial charge in [0.25, 0.3) is 5.56 Å². The summed E-state index contributed by atoms with van der Waals surface area (Å²) in [5.41, 5.74) is 0.114. The maximum absolute atomic E-state index is 13.3. The number of fused-ring (bicyclic) bond motifs is 1. The van der Waals surface area contributed by atoms with Crippen LogP contribution in [0.25, 0.3) is 15.9 Å². The first-order chi connectivity index (χ1) is 13.3. The fourth-order valence-corrected chi connectivity index (χ4v) is 5.07. The molecule has 0 atom stereocenters. The average molecular weight is 441 g/mol.